The van der Waals surface area contributed by atoms with Crippen molar-refractivity contribution in [3.8, 4) is 17.1 Å². The molecule has 2 N–H and O–H groups in total. The van der Waals surface area contributed by atoms with Crippen LogP contribution in [0.5, 0.6) is 5.75 Å². The van der Waals surface area contributed by atoms with Crippen LogP contribution < -0.4 is 20.3 Å². The Hall–Kier alpha value is -3.81. The molecule has 1 aliphatic rings. The Bertz CT molecular complexity index is 1120. The predicted octanol–water partition coefficient (Wildman–Crippen LogP) is 3.25. The zero-order valence-electron chi connectivity index (χ0n) is 18.3. The minimum atomic E-state index is -0.741. The van der Waals surface area contributed by atoms with Gasteiger partial charge in [0.15, 0.2) is 12.2 Å². The number of methoxy groups -OCH3 is 1. The van der Waals surface area contributed by atoms with E-state index in [1.165, 1.54) is 24.8 Å². The van der Waals surface area contributed by atoms with Gasteiger partial charge in [0.05, 0.1) is 24.4 Å². The molecule has 0 bridgehead atoms. The fraction of sp³-hybridized carbons (Fsp3) is 0.292. The summed E-state index contributed by atoms with van der Waals surface area (Å²) in [5.74, 6) is -0.397. The molecule has 0 spiro atoms. The van der Waals surface area contributed by atoms with Gasteiger partial charge in [0.2, 0.25) is 0 Å². The van der Waals surface area contributed by atoms with Gasteiger partial charge in [-0.3, -0.25) is 9.59 Å². The highest BCUT2D eigenvalue weighted by Crippen LogP contribution is 2.32. The predicted molar refractivity (Wildman–Crippen MR) is 122 cm³/mol. The van der Waals surface area contributed by atoms with E-state index in [0.717, 1.165) is 13.0 Å². The van der Waals surface area contributed by atoms with Crippen molar-refractivity contribution in [1.29, 1.82) is 0 Å². The van der Waals surface area contributed by atoms with Crippen molar-refractivity contribution in [2.75, 3.05) is 30.4 Å². The Balaban J connectivity index is 1.39. The summed E-state index contributed by atoms with van der Waals surface area (Å²) < 4.78 is 10.7. The molecule has 32 heavy (non-hydrogen) atoms. The Morgan fingerprint density at radius 3 is 2.75 bits per heavy atom. The van der Waals surface area contributed by atoms with Gasteiger partial charge in [0.1, 0.15) is 5.75 Å². The fourth-order valence-corrected chi connectivity index (χ4v) is 3.96. The number of fused-ring (bicyclic) bond motifs is 1. The molecule has 166 valence electrons. The van der Waals surface area contributed by atoms with Crippen LogP contribution in [0.3, 0.4) is 0 Å². The highest BCUT2D eigenvalue weighted by molar-refractivity contribution is 6.39. The summed E-state index contributed by atoms with van der Waals surface area (Å²) in [6, 6.07) is 13.3. The maximum atomic E-state index is 12.6. The number of hydrogen-bond acceptors (Lipinski definition) is 6. The minimum absolute atomic E-state index is 0.441. The molecule has 4 rings (SSSR count). The lowest BCUT2D eigenvalue weighted by molar-refractivity contribution is -0.137. The molecule has 1 aromatic heterocycles. The summed E-state index contributed by atoms with van der Waals surface area (Å²) in [6.07, 6.45) is 3.88. The summed E-state index contributed by atoms with van der Waals surface area (Å²) in [5, 5.41) is 5.48. The Morgan fingerprint density at radius 2 is 2.00 bits per heavy atom. The second kappa shape index (κ2) is 8.74. The largest absolute Gasteiger partial charge is 0.496 e. The minimum Gasteiger partial charge on any atom is -0.496 e. The standard InChI is InChI=1S/C24H26N4O4/c1-24(2,14-28-11-10-16-6-4-5-7-19(16)28)27-23(30)22(29)26-17-8-9-18(20(12-17)31-3)21-13-25-15-32-21/h4-9,12-13,15H,10-11,14H2,1-3H3,(H,26,29)(H,27,30). The van der Waals surface area contributed by atoms with Gasteiger partial charge in [0, 0.05) is 30.5 Å². The first kappa shape index (κ1) is 21.4. The average molecular weight is 434 g/mol. The van der Waals surface area contributed by atoms with E-state index in [2.05, 4.69) is 32.7 Å². The molecule has 3 aromatic rings. The highest BCUT2D eigenvalue weighted by Gasteiger charge is 2.29. The molecule has 0 saturated heterocycles. The first-order valence-corrected chi connectivity index (χ1v) is 10.4. The molecule has 0 atom stereocenters. The number of carbonyl (C=O) groups is 2. The van der Waals surface area contributed by atoms with Gasteiger partial charge in [-0.2, -0.15) is 0 Å². The lowest BCUT2D eigenvalue weighted by atomic mass is 10.0. The number of amides is 2. The molecule has 0 fully saturated rings. The number of benzene rings is 2. The maximum absolute atomic E-state index is 12.6. The monoisotopic (exact) mass is 434 g/mol. The van der Waals surface area contributed by atoms with Gasteiger partial charge in [-0.25, -0.2) is 4.98 Å². The van der Waals surface area contributed by atoms with E-state index < -0.39 is 17.4 Å². The molecule has 0 radical (unpaired) electrons. The summed E-state index contributed by atoms with van der Waals surface area (Å²) in [6.45, 7) is 5.31. The molecule has 0 saturated carbocycles. The summed E-state index contributed by atoms with van der Waals surface area (Å²) in [4.78, 5) is 31.3. The highest BCUT2D eigenvalue weighted by atomic mass is 16.5. The summed E-state index contributed by atoms with van der Waals surface area (Å²) >= 11 is 0. The number of carbonyl (C=O) groups excluding carboxylic acids is 2. The average Bonchev–Trinajstić information content (AvgIpc) is 3.44. The van der Waals surface area contributed by atoms with E-state index >= 15 is 0 Å². The molecule has 2 amide bonds. The molecule has 8 nitrogen and oxygen atoms in total. The SMILES string of the molecule is COc1cc(NC(=O)C(=O)NC(C)(C)CN2CCc3ccccc32)ccc1-c1cnco1. The first-order valence-electron chi connectivity index (χ1n) is 10.4. The van der Waals surface area contributed by atoms with Crippen LogP contribution in [-0.2, 0) is 16.0 Å². The smallest absolute Gasteiger partial charge is 0.313 e. The van der Waals surface area contributed by atoms with Crippen molar-refractivity contribution in [1.82, 2.24) is 10.3 Å². The molecular formula is C24H26N4O4. The fourth-order valence-electron chi connectivity index (χ4n) is 3.96. The van der Waals surface area contributed by atoms with E-state index in [-0.39, 0.29) is 0 Å². The van der Waals surface area contributed by atoms with E-state index in [4.69, 9.17) is 9.15 Å². The van der Waals surface area contributed by atoms with Gasteiger partial charge in [0.25, 0.3) is 0 Å². The number of anilines is 2. The van der Waals surface area contributed by atoms with Crippen LogP contribution in [0.4, 0.5) is 11.4 Å². The van der Waals surface area contributed by atoms with E-state index in [1.54, 1.807) is 24.4 Å². The van der Waals surface area contributed by atoms with Gasteiger partial charge in [-0.15, -0.1) is 0 Å². The molecule has 8 heteroatoms. The number of rotatable bonds is 6. The van der Waals surface area contributed by atoms with Crippen molar-refractivity contribution in [2.45, 2.75) is 25.8 Å². The van der Waals surface area contributed by atoms with Crippen molar-refractivity contribution in [2.24, 2.45) is 0 Å². The third-order valence-electron chi connectivity index (χ3n) is 5.38. The number of nitrogens with zero attached hydrogens (tertiary/aromatic N) is 2. The Morgan fingerprint density at radius 1 is 1.19 bits per heavy atom. The van der Waals surface area contributed by atoms with E-state index in [9.17, 15) is 9.59 Å². The van der Waals surface area contributed by atoms with Crippen molar-refractivity contribution >= 4 is 23.2 Å². The van der Waals surface area contributed by atoms with E-state index in [0.29, 0.717) is 29.3 Å². The summed E-state index contributed by atoms with van der Waals surface area (Å²) in [5.41, 5.74) is 3.02. The van der Waals surface area contributed by atoms with Crippen molar-refractivity contribution < 1.29 is 18.7 Å². The number of hydrogen-bond donors (Lipinski definition) is 2. The lowest BCUT2D eigenvalue weighted by Crippen LogP contribution is -2.54. The zero-order valence-corrected chi connectivity index (χ0v) is 18.3. The third kappa shape index (κ3) is 4.59. The molecule has 1 aliphatic heterocycles. The Kier molecular flexibility index (Phi) is 5.85. The number of ether oxygens (including phenoxy) is 1. The molecular weight excluding hydrogens is 408 g/mol. The normalized spacial score (nSPS) is 12.9. The number of nitrogens with one attached hydrogen (secondary N) is 2. The second-order valence-electron chi connectivity index (χ2n) is 8.37. The Labute approximate surface area is 186 Å². The number of oxazole rings is 1. The topological polar surface area (TPSA) is 96.7 Å². The summed E-state index contributed by atoms with van der Waals surface area (Å²) in [7, 11) is 1.52. The van der Waals surface area contributed by atoms with Gasteiger partial charge in [-0.05, 0) is 44.0 Å². The lowest BCUT2D eigenvalue weighted by Gasteiger charge is -2.32. The van der Waals surface area contributed by atoms with Gasteiger partial charge >= 0.3 is 11.8 Å². The molecule has 0 unspecified atom stereocenters. The number of para-hydroxylation sites is 1. The van der Waals surface area contributed by atoms with Gasteiger partial charge < -0.3 is 24.7 Å². The van der Waals surface area contributed by atoms with Crippen LogP contribution in [0, 0.1) is 0 Å². The van der Waals surface area contributed by atoms with Crippen LogP contribution in [0.1, 0.15) is 19.4 Å². The zero-order chi connectivity index (χ0) is 22.7. The second-order valence-corrected chi connectivity index (χ2v) is 8.37. The van der Waals surface area contributed by atoms with Crippen LogP contribution in [-0.4, -0.2) is 42.5 Å². The first-order chi connectivity index (χ1) is 15.4. The van der Waals surface area contributed by atoms with Crippen molar-refractivity contribution in [3.63, 3.8) is 0 Å². The molecule has 2 heterocycles. The van der Waals surface area contributed by atoms with Crippen LogP contribution in [0.2, 0.25) is 0 Å². The quantitative estimate of drug-likeness (QED) is 0.578. The molecule has 2 aromatic carbocycles. The number of aromatic nitrogens is 1. The van der Waals surface area contributed by atoms with Crippen LogP contribution in [0.25, 0.3) is 11.3 Å². The van der Waals surface area contributed by atoms with Crippen molar-refractivity contribution in [3.05, 3.63) is 60.6 Å². The molecule has 0 aliphatic carbocycles. The maximum Gasteiger partial charge on any atom is 0.313 e. The van der Waals surface area contributed by atoms with Crippen LogP contribution in [0.15, 0.2) is 59.5 Å². The van der Waals surface area contributed by atoms with Crippen LogP contribution >= 0.6 is 0 Å². The van der Waals surface area contributed by atoms with Gasteiger partial charge in [-0.1, -0.05) is 18.2 Å². The third-order valence-corrected chi connectivity index (χ3v) is 5.38. The van der Waals surface area contributed by atoms with E-state index in [1.807, 2.05) is 26.0 Å².